The van der Waals surface area contributed by atoms with Crippen LogP contribution < -0.4 is 11.2 Å². The van der Waals surface area contributed by atoms with E-state index in [0.29, 0.717) is 0 Å². The Morgan fingerprint density at radius 1 is 1.03 bits per heavy atom. The van der Waals surface area contributed by atoms with Crippen LogP contribution in [0.25, 0.3) is 0 Å². The number of rotatable bonds is 10. The van der Waals surface area contributed by atoms with Gasteiger partial charge in [0.2, 0.25) is 0 Å². The summed E-state index contributed by atoms with van der Waals surface area (Å²) in [6, 6.07) is 20.2. The molecule has 0 spiro atoms. The van der Waals surface area contributed by atoms with Gasteiger partial charge in [0.25, 0.3) is 5.56 Å². The first kappa shape index (κ1) is 25.8. The van der Waals surface area contributed by atoms with Crippen LogP contribution >= 0.6 is 11.6 Å². The summed E-state index contributed by atoms with van der Waals surface area (Å²) < 4.78 is 25.4. The maximum Gasteiger partial charge on any atom is 0.330 e. The molecule has 9 nitrogen and oxygen atoms in total. The van der Waals surface area contributed by atoms with E-state index in [1.807, 2.05) is 60.7 Å². The van der Waals surface area contributed by atoms with E-state index >= 15 is 0 Å². The van der Waals surface area contributed by atoms with Gasteiger partial charge in [0.05, 0.1) is 25.7 Å². The van der Waals surface area contributed by atoms with Gasteiger partial charge in [0.15, 0.2) is 12.3 Å². The Balaban J connectivity index is 1.68. The third-order valence-electron chi connectivity index (χ3n) is 5.84. The molecular weight excluding hydrogens is 488 g/mol. The fourth-order valence-corrected chi connectivity index (χ4v) is 4.46. The molecule has 1 aliphatic heterocycles. The van der Waals surface area contributed by atoms with Crippen LogP contribution in [0.5, 0.6) is 0 Å². The predicted molar refractivity (Wildman–Crippen MR) is 132 cm³/mol. The normalized spacial score (nSPS) is 23.4. The van der Waals surface area contributed by atoms with Crippen molar-refractivity contribution in [3.05, 3.63) is 105 Å². The van der Waals surface area contributed by atoms with E-state index in [1.165, 1.54) is 19.2 Å². The van der Waals surface area contributed by atoms with Gasteiger partial charge in [-0.1, -0.05) is 60.7 Å². The standard InChI is InChI=1S/C26H27ClN2O7/c1-18(30)35-22-23(34-15-20-10-6-3-7-11-20)26(16-27,17-33-14-19-8-4-2-5-9-19)36-24(22)29-13-12-21(31)28-25(29)32/h2-13,22-24H,14-17H2,1H3,(H,28,31,32). The number of benzene rings is 2. The first-order valence-corrected chi connectivity index (χ1v) is 11.9. The second-order valence-electron chi connectivity index (χ2n) is 8.49. The molecule has 1 N–H and O–H groups in total. The highest BCUT2D eigenvalue weighted by atomic mass is 35.5. The Bertz CT molecular complexity index is 1260. The number of esters is 1. The molecule has 1 aliphatic rings. The number of H-pyrrole nitrogens is 1. The van der Waals surface area contributed by atoms with Gasteiger partial charge >= 0.3 is 11.7 Å². The second-order valence-corrected chi connectivity index (χ2v) is 8.76. The number of aromatic nitrogens is 2. The van der Waals surface area contributed by atoms with Crippen molar-refractivity contribution in [2.24, 2.45) is 0 Å². The summed E-state index contributed by atoms with van der Waals surface area (Å²) in [4.78, 5) is 38.6. The molecule has 0 amide bonds. The lowest BCUT2D eigenvalue weighted by Gasteiger charge is -2.33. The molecule has 4 atom stereocenters. The van der Waals surface area contributed by atoms with Crippen LogP contribution in [0.3, 0.4) is 0 Å². The molecule has 0 radical (unpaired) electrons. The van der Waals surface area contributed by atoms with E-state index in [9.17, 15) is 14.4 Å². The molecule has 36 heavy (non-hydrogen) atoms. The smallest absolute Gasteiger partial charge is 0.330 e. The van der Waals surface area contributed by atoms with Crippen molar-refractivity contribution in [2.75, 3.05) is 12.5 Å². The topological polar surface area (TPSA) is 109 Å². The third-order valence-corrected chi connectivity index (χ3v) is 6.29. The Morgan fingerprint density at radius 2 is 1.67 bits per heavy atom. The number of carbonyl (C=O) groups excluding carboxylic acids is 1. The van der Waals surface area contributed by atoms with E-state index < -0.39 is 41.3 Å². The van der Waals surface area contributed by atoms with E-state index in [2.05, 4.69) is 4.98 Å². The summed E-state index contributed by atoms with van der Waals surface area (Å²) in [5.41, 5.74) is -0.720. The Hall–Kier alpha value is -3.24. The summed E-state index contributed by atoms with van der Waals surface area (Å²) in [7, 11) is 0. The van der Waals surface area contributed by atoms with Crippen LogP contribution in [-0.4, -0.2) is 45.8 Å². The van der Waals surface area contributed by atoms with Crippen molar-refractivity contribution < 1.29 is 23.7 Å². The molecular formula is C26H27ClN2O7. The molecule has 1 fully saturated rings. The summed E-state index contributed by atoms with van der Waals surface area (Å²) in [5.74, 6) is -0.664. The summed E-state index contributed by atoms with van der Waals surface area (Å²) in [6.07, 6.45) is -1.77. The van der Waals surface area contributed by atoms with Crippen LogP contribution in [0.2, 0.25) is 0 Å². The number of alkyl halides is 1. The Morgan fingerprint density at radius 3 is 2.25 bits per heavy atom. The van der Waals surface area contributed by atoms with Crippen molar-refractivity contribution >= 4 is 17.6 Å². The lowest BCUT2D eigenvalue weighted by molar-refractivity contribution is -0.158. The number of halogens is 1. The minimum absolute atomic E-state index is 0.00276. The highest BCUT2D eigenvalue weighted by molar-refractivity contribution is 6.18. The van der Waals surface area contributed by atoms with Crippen molar-refractivity contribution in [3.63, 3.8) is 0 Å². The SMILES string of the molecule is CC(=O)OC1C(n2ccc(=O)[nH]c2=O)OC(CCl)(COCc2ccccc2)C1OCc1ccccc1. The monoisotopic (exact) mass is 514 g/mol. The lowest BCUT2D eigenvalue weighted by atomic mass is 9.97. The summed E-state index contributed by atoms with van der Waals surface area (Å²) >= 11 is 6.47. The van der Waals surface area contributed by atoms with Gasteiger partial charge in [-0.25, -0.2) is 4.79 Å². The zero-order valence-corrected chi connectivity index (χ0v) is 20.4. The van der Waals surface area contributed by atoms with Gasteiger partial charge < -0.3 is 18.9 Å². The van der Waals surface area contributed by atoms with Gasteiger partial charge in [-0.15, -0.1) is 11.6 Å². The first-order chi connectivity index (χ1) is 17.4. The third kappa shape index (κ3) is 5.93. The maximum absolute atomic E-state index is 12.6. The Kier molecular flexibility index (Phi) is 8.37. The number of carbonyl (C=O) groups is 1. The number of ether oxygens (including phenoxy) is 4. The number of nitrogens with one attached hydrogen (secondary N) is 1. The highest BCUT2D eigenvalue weighted by Crippen LogP contribution is 2.42. The van der Waals surface area contributed by atoms with E-state index in [0.717, 1.165) is 15.7 Å². The van der Waals surface area contributed by atoms with Crippen LogP contribution in [0.1, 0.15) is 24.3 Å². The van der Waals surface area contributed by atoms with E-state index in [4.69, 9.17) is 30.5 Å². The van der Waals surface area contributed by atoms with Gasteiger partial charge in [-0.05, 0) is 11.1 Å². The zero-order chi connectivity index (χ0) is 25.5. The van der Waals surface area contributed by atoms with Gasteiger partial charge in [0, 0.05) is 19.2 Å². The Labute approximate surface area is 212 Å². The predicted octanol–water partition coefficient (Wildman–Crippen LogP) is 2.78. The fraction of sp³-hybridized carbons (Fsp3) is 0.346. The molecule has 4 unspecified atom stereocenters. The van der Waals surface area contributed by atoms with Crippen molar-refractivity contribution in [2.45, 2.75) is 44.2 Å². The van der Waals surface area contributed by atoms with Crippen LogP contribution in [-0.2, 0) is 37.0 Å². The first-order valence-electron chi connectivity index (χ1n) is 11.4. The summed E-state index contributed by atoms with van der Waals surface area (Å²) in [6.45, 7) is 1.72. The molecule has 2 aromatic carbocycles. The molecule has 1 aromatic heterocycles. The van der Waals surface area contributed by atoms with Crippen molar-refractivity contribution in [1.82, 2.24) is 9.55 Å². The number of hydrogen-bond donors (Lipinski definition) is 1. The second kappa shape index (κ2) is 11.7. The van der Waals surface area contributed by atoms with E-state index in [-0.39, 0.29) is 25.7 Å². The molecule has 2 heterocycles. The minimum atomic E-state index is -1.27. The average Bonchev–Trinajstić information content (AvgIpc) is 3.16. The zero-order valence-electron chi connectivity index (χ0n) is 19.7. The number of hydrogen-bond acceptors (Lipinski definition) is 7. The maximum atomic E-state index is 12.6. The lowest BCUT2D eigenvalue weighted by Crippen LogP contribution is -2.51. The average molecular weight is 515 g/mol. The van der Waals surface area contributed by atoms with Gasteiger partial charge in [-0.2, -0.15) is 0 Å². The number of aromatic amines is 1. The fourth-order valence-electron chi connectivity index (χ4n) is 4.16. The molecule has 0 bridgehead atoms. The molecule has 190 valence electrons. The minimum Gasteiger partial charge on any atom is -0.455 e. The molecule has 1 saturated heterocycles. The van der Waals surface area contributed by atoms with Crippen molar-refractivity contribution in [1.29, 1.82) is 0 Å². The molecule has 10 heteroatoms. The van der Waals surface area contributed by atoms with Gasteiger partial charge in [0.1, 0.15) is 11.7 Å². The van der Waals surface area contributed by atoms with Crippen LogP contribution in [0, 0.1) is 0 Å². The van der Waals surface area contributed by atoms with Crippen molar-refractivity contribution in [3.8, 4) is 0 Å². The molecule has 0 aliphatic carbocycles. The van der Waals surface area contributed by atoms with Crippen LogP contribution in [0.4, 0.5) is 0 Å². The van der Waals surface area contributed by atoms with E-state index in [1.54, 1.807) is 0 Å². The molecule has 4 rings (SSSR count). The largest absolute Gasteiger partial charge is 0.455 e. The summed E-state index contributed by atoms with van der Waals surface area (Å²) in [5, 5.41) is 0. The molecule has 0 saturated carbocycles. The number of nitrogens with zero attached hydrogens (tertiary/aromatic N) is 1. The molecule has 3 aromatic rings. The van der Waals surface area contributed by atoms with Crippen LogP contribution in [0.15, 0.2) is 82.5 Å². The van der Waals surface area contributed by atoms with Gasteiger partial charge in [-0.3, -0.25) is 19.1 Å². The quantitative estimate of drug-likeness (QED) is 0.327. The highest BCUT2D eigenvalue weighted by Gasteiger charge is 2.58.